The molecule has 2 aromatic carbocycles. The molecule has 0 spiro atoms. The molecular weight excluding hydrogens is 393 g/mol. The van der Waals surface area contributed by atoms with E-state index in [4.69, 9.17) is 27.9 Å². The predicted octanol–water partition coefficient (Wildman–Crippen LogP) is 3.68. The van der Waals surface area contributed by atoms with Crippen molar-refractivity contribution in [1.82, 2.24) is 14.6 Å². The van der Waals surface area contributed by atoms with Crippen molar-refractivity contribution in [3.8, 4) is 17.1 Å². The molecule has 26 heavy (non-hydrogen) atoms. The van der Waals surface area contributed by atoms with Gasteiger partial charge in [0.05, 0.1) is 11.6 Å². The normalized spacial score (nSPS) is 12.0. The highest BCUT2D eigenvalue weighted by Gasteiger charge is 2.12. The van der Waals surface area contributed by atoms with Crippen LogP contribution in [-0.4, -0.2) is 21.7 Å². The van der Waals surface area contributed by atoms with Crippen molar-refractivity contribution in [3.05, 3.63) is 73.0 Å². The van der Waals surface area contributed by atoms with Crippen LogP contribution in [0.3, 0.4) is 0 Å². The van der Waals surface area contributed by atoms with Crippen LogP contribution in [0.25, 0.3) is 22.4 Å². The molecule has 0 bridgehead atoms. The summed E-state index contributed by atoms with van der Waals surface area (Å²) >= 11 is 13.3. The molecule has 0 saturated heterocycles. The van der Waals surface area contributed by atoms with Gasteiger partial charge in [0.2, 0.25) is 4.96 Å². The summed E-state index contributed by atoms with van der Waals surface area (Å²) in [7, 11) is 1.61. The summed E-state index contributed by atoms with van der Waals surface area (Å²) in [4.78, 5) is 17.6. The van der Waals surface area contributed by atoms with Crippen LogP contribution >= 0.6 is 34.5 Å². The molecule has 0 fully saturated rings. The highest BCUT2D eigenvalue weighted by atomic mass is 35.5. The second-order valence-electron chi connectivity index (χ2n) is 5.44. The molecule has 0 unspecified atom stereocenters. The smallest absolute Gasteiger partial charge is 0.291 e. The number of fused-ring (bicyclic) bond motifs is 1. The van der Waals surface area contributed by atoms with Gasteiger partial charge in [-0.15, -0.1) is 5.10 Å². The minimum atomic E-state index is -0.233. The fraction of sp³-hybridized carbons (Fsp3) is 0.0556. The summed E-state index contributed by atoms with van der Waals surface area (Å²) in [6.45, 7) is 0. The Labute approximate surface area is 162 Å². The lowest BCUT2D eigenvalue weighted by atomic mass is 10.2. The van der Waals surface area contributed by atoms with E-state index in [9.17, 15) is 4.79 Å². The summed E-state index contributed by atoms with van der Waals surface area (Å²) in [5.41, 5.74) is 1.30. The zero-order valence-electron chi connectivity index (χ0n) is 13.4. The van der Waals surface area contributed by atoms with E-state index in [0.29, 0.717) is 30.9 Å². The maximum absolute atomic E-state index is 12.6. The van der Waals surface area contributed by atoms with Gasteiger partial charge in [0.1, 0.15) is 5.75 Å². The molecule has 5 nitrogen and oxygen atoms in total. The van der Waals surface area contributed by atoms with Gasteiger partial charge >= 0.3 is 0 Å². The molecule has 4 rings (SSSR count). The van der Waals surface area contributed by atoms with E-state index in [0.717, 1.165) is 11.3 Å². The van der Waals surface area contributed by atoms with Crippen molar-refractivity contribution in [2.45, 2.75) is 0 Å². The first-order chi connectivity index (χ1) is 12.5. The van der Waals surface area contributed by atoms with Gasteiger partial charge in [0, 0.05) is 15.6 Å². The van der Waals surface area contributed by atoms with Crippen LogP contribution in [0.2, 0.25) is 10.0 Å². The second kappa shape index (κ2) is 6.72. The minimum Gasteiger partial charge on any atom is -0.497 e. The van der Waals surface area contributed by atoms with E-state index in [1.165, 1.54) is 15.9 Å². The van der Waals surface area contributed by atoms with Gasteiger partial charge in [0.25, 0.3) is 5.56 Å². The molecule has 0 aliphatic carbocycles. The minimum absolute atomic E-state index is 0.233. The maximum atomic E-state index is 12.6. The van der Waals surface area contributed by atoms with Crippen LogP contribution in [0.15, 0.2) is 47.3 Å². The Morgan fingerprint density at radius 2 is 1.92 bits per heavy atom. The Morgan fingerprint density at radius 3 is 2.58 bits per heavy atom. The fourth-order valence-electron chi connectivity index (χ4n) is 2.46. The quantitative estimate of drug-likeness (QED) is 0.523. The second-order valence-corrected chi connectivity index (χ2v) is 7.29. The molecule has 0 aliphatic heterocycles. The van der Waals surface area contributed by atoms with Crippen LogP contribution in [-0.2, 0) is 0 Å². The average Bonchev–Trinajstić information content (AvgIpc) is 3.17. The monoisotopic (exact) mass is 403 g/mol. The van der Waals surface area contributed by atoms with E-state index < -0.39 is 0 Å². The number of halogens is 2. The Bertz CT molecular complexity index is 1220. The summed E-state index contributed by atoms with van der Waals surface area (Å²) < 4.78 is 6.95. The standard InChI is InChI=1S/C18H11Cl2N3O2S/c1-25-13-6-3-10(4-7-13)16-21-18-23(22-16)17(24)15(26-18)8-11-2-5-12(19)9-14(11)20/h2-9H,1H3/b15-8-. The van der Waals surface area contributed by atoms with E-state index >= 15 is 0 Å². The number of thiazole rings is 1. The Morgan fingerprint density at radius 1 is 1.15 bits per heavy atom. The van der Waals surface area contributed by atoms with Crippen LogP contribution < -0.4 is 14.8 Å². The van der Waals surface area contributed by atoms with Crippen molar-refractivity contribution in [2.75, 3.05) is 7.11 Å². The first-order valence-corrected chi connectivity index (χ1v) is 9.13. The lowest BCUT2D eigenvalue weighted by molar-refractivity contribution is 0.415. The van der Waals surface area contributed by atoms with Gasteiger partial charge in [0.15, 0.2) is 5.82 Å². The zero-order valence-corrected chi connectivity index (χ0v) is 15.8. The SMILES string of the molecule is COc1ccc(-c2nc3s/c(=C\c4ccc(Cl)cc4Cl)c(=O)n3n2)cc1. The number of aromatic nitrogens is 3. The van der Waals surface area contributed by atoms with Crippen LogP contribution in [0.4, 0.5) is 0 Å². The van der Waals surface area contributed by atoms with E-state index in [-0.39, 0.29) is 5.56 Å². The van der Waals surface area contributed by atoms with Crippen molar-refractivity contribution >= 4 is 45.6 Å². The first kappa shape index (κ1) is 17.0. The van der Waals surface area contributed by atoms with Gasteiger partial charge in [-0.3, -0.25) is 4.79 Å². The van der Waals surface area contributed by atoms with Gasteiger partial charge in [-0.05, 0) is 48.0 Å². The van der Waals surface area contributed by atoms with Crippen molar-refractivity contribution in [3.63, 3.8) is 0 Å². The molecule has 130 valence electrons. The van der Waals surface area contributed by atoms with Crippen LogP contribution in [0.1, 0.15) is 5.56 Å². The summed E-state index contributed by atoms with van der Waals surface area (Å²) in [5, 5.41) is 5.35. The van der Waals surface area contributed by atoms with E-state index in [2.05, 4.69) is 10.1 Å². The Hall–Kier alpha value is -2.41. The van der Waals surface area contributed by atoms with E-state index in [1.54, 1.807) is 31.4 Å². The summed E-state index contributed by atoms with van der Waals surface area (Å²) in [6.07, 6.45) is 1.72. The van der Waals surface area contributed by atoms with Crippen LogP contribution in [0, 0.1) is 0 Å². The van der Waals surface area contributed by atoms with Crippen molar-refractivity contribution in [2.24, 2.45) is 0 Å². The molecule has 0 aliphatic rings. The maximum Gasteiger partial charge on any atom is 0.291 e. The number of rotatable bonds is 3. The number of benzene rings is 2. The lowest BCUT2D eigenvalue weighted by Crippen LogP contribution is -2.23. The molecule has 2 heterocycles. The number of ether oxygens (including phenoxy) is 1. The average molecular weight is 404 g/mol. The number of methoxy groups -OCH3 is 1. The topological polar surface area (TPSA) is 56.5 Å². The van der Waals surface area contributed by atoms with Crippen molar-refractivity contribution < 1.29 is 4.74 Å². The van der Waals surface area contributed by atoms with Gasteiger partial charge in [-0.2, -0.15) is 9.50 Å². The highest BCUT2D eigenvalue weighted by molar-refractivity contribution is 7.15. The molecule has 0 N–H and O–H groups in total. The lowest BCUT2D eigenvalue weighted by Gasteiger charge is -1.99. The number of hydrogen-bond acceptors (Lipinski definition) is 5. The third-order valence-electron chi connectivity index (χ3n) is 3.78. The number of hydrogen-bond donors (Lipinski definition) is 0. The third-order valence-corrected chi connectivity index (χ3v) is 5.30. The van der Waals surface area contributed by atoms with Crippen LogP contribution in [0.5, 0.6) is 5.75 Å². The third kappa shape index (κ3) is 3.07. The summed E-state index contributed by atoms with van der Waals surface area (Å²) in [5.74, 6) is 1.24. The first-order valence-electron chi connectivity index (χ1n) is 7.56. The molecule has 4 aromatic rings. The molecule has 0 radical (unpaired) electrons. The zero-order chi connectivity index (χ0) is 18.3. The molecular formula is C18H11Cl2N3O2S. The fourth-order valence-corrected chi connectivity index (χ4v) is 3.82. The largest absolute Gasteiger partial charge is 0.497 e. The molecule has 0 amide bonds. The van der Waals surface area contributed by atoms with Gasteiger partial charge < -0.3 is 4.74 Å². The van der Waals surface area contributed by atoms with Gasteiger partial charge in [-0.25, -0.2) is 0 Å². The Kier molecular flexibility index (Phi) is 4.40. The Balaban J connectivity index is 1.78. The molecule has 0 saturated carbocycles. The van der Waals surface area contributed by atoms with Crippen molar-refractivity contribution in [1.29, 1.82) is 0 Å². The predicted molar refractivity (Wildman–Crippen MR) is 104 cm³/mol. The molecule has 2 aromatic heterocycles. The van der Waals surface area contributed by atoms with Gasteiger partial charge in [-0.1, -0.05) is 40.6 Å². The van der Waals surface area contributed by atoms with E-state index in [1.807, 2.05) is 24.3 Å². The summed E-state index contributed by atoms with van der Waals surface area (Å²) in [6, 6.07) is 12.5. The number of nitrogens with zero attached hydrogens (tertiary/aromatic N) is 3. The molecule has 8 heteroatoms. The molecule has 0 atom stereocenters. The highest BCUT2D eigenvalue weighted by Crippen LogP contribution is 2.22.